The van der Waals surface area contributed by atoms with Gasteiger partial charge in [0.05, 0.1) is 14.3 Å². The SMILES string of the molecule is CC1([B][B]C2(C)CCCC(=O)NC(=O)CCC2)CCCCCCCCCCC1. The first-order valence-electron chi connectivity index (χ1n) is 11.9. The van der Waals surface area contributed by atoms with Gasteiger partial charge in [0.15, 0.2) is 0 Å². The Kier molecular flexibility index (Phi) is 10.2. The van der Waals surface area contributed by atoms with E-state index in [9.17, 15) is 9.59 Å². The minimum atomic E-state index is -0.107. The largest absolute Gasteiger partial charge is 0.296 e. The van der Waals surface area contributed by atoms with Gasteiger partial charge in [-0.05, 0) is 12.8 Å². The van der Waals surface area contributed by atoms with Gasteiger partial charge < -0.3 is 0 Å². The van der Waals surface area contributed by atoms with Crippen molar-refractivity contribution in [1.29, 1.82) is 0 Å². The molecule has 2 aliphatic rings. The lowest BCUT2D eigenvalue weighted by Gasteiger charge is -2.36. The summed E-state index contributed by atoms with van der Waals surface area (Å²) < 4.78 is 0. The van der Waals surface area contributed by atoms with Gasteiger partial charge in [0.1, 0.15) is 0 Å². The Hall–Kier alpha value is -0.730. The van der Waals surface area contributed by atoms with E-state index >= 15 is 0 Å². The predicted octanol–water partition coefficient (Wildman–Crippen LogP) is 5.97. The molecule has 1 aliphatic heterocycles. The van der Waals surface area contributed by atoms with Crippen LogP contribution in [0.1, 0.15) is 123 Å². The number of hydrogen-bond acceptors (Lipinski definition) is 2. The maximum absolute atomic E-state index is 11.8. The Morgan fingerprint density at radius 3 is 1.29 bits per heavy atom. The maximum atomic E-state index is 11.8. The molecule has 0 spiro atoms. The quantitative estimate of drug-likeness (QED) is 0.481. The average molecular weight is 385 g/mol. The molecule has 1 N–H and O–H groups in total. The van der Waals surface area contributed by atoms with Crippen LogP contribution >= 0.6 is 0 Å². The van der Waals surface area contributed by atoms with Gasteiger partial charge in [-0.15, -0.1) is 0 Å². The number of carbonyl (C=O) groups excluding carboxylic acids is 2. The first-order chi connectivity index (χ1) is 13.4. The molecule has 1 aliphatic carbocycles. The Labute approximate surface area is 175 Å². The number of imide groups is 1. The standard InChI is InChI=1S/C23H41B2NO2/c1-22(16-10-8-6-4-3-5-7-9-11-17-22)24-25-23(2)18-12-14-20(27)26-21(28)15-13-19-23/h3-19H2,1-2H3,(H,26,27,28). The van der Waals surface area contributed by atoms with Crippen LogP contribution in [-0.2, 0) is 9.59 Å². The highest BCUT2D eigenvalue weighted by molar-refractivity contribution is 7.03. The lowest BCUT2D eigenvalue weighted by molar-refractivity contribution is -0.130. The highest BCUT2D eigenvalue weighted by Gasteiger charge is 2.32. The van der Waals surface area contributed by atoms with Crippen molar-refractivity contribution in [2.24, 2.45) is 0 Å². The van der Waals surface area contributed by atoms with Crippen LogP contribution in [-0.4, -0.2) is 26.2 Å². The molecule has 1 heterocycles. The summed E-state index contributed by atoms with van der Waals surface area (Å²) in [5.41, 5.74) is 0. The normalized spacial score (nSPS) is 25.5. The molecule has 5 heteroatoms. The molecule has 0 bridgehead atoms. The van der Waals surface area contributed by atoms with Crippen molar-refractivity contribution < 1.29 is 9.59 Å². The third-order valence-electron chi connectivity index (χ3n) is 6.97. The topological polar surface area (TPSA) is 46.2 Å². The number of hydrogen-bond donors (Lipinski definition) is 1. The number of amides is 2. The second-order valence-electron chi connectivity index (χ2n) is 10.0. The fourth-order valence-electron chi connectivity index (χ4n) is 4.87. The van der Waals surface area contributed by atoms with Crippen LogP contribution in [0.25, 0.3) is 0 Å². The molecule has 28 heavy (non-hydrogen) atoms. The van der Waals surface area contributed by atoms with Crippen molar-refractivity contribution >= 4 is 26.2 Å². The molecule has 2 rings (SSSR count). The van der Waals surface area contributed by atoms with E-state index in [1.54, 1.807) is 0 Å². The molecule has 2 fully saturated rings. The van der Waals surface area contributed by atoms with Gasteiger partial charge in [0.2, 0.25) is 11.8 Å². The van der Waals surface area contributed by atoms with Crippen LogP contribution in [0.5, 0.6) is 0 Å². The minimum Gasteiger partial charge on any atom is -0.296 e. The smallest absolute Gasteiger partial charge is 0.226 e. The van der Waals surface area contributed by atoms with Gasteiger partial charge in [0.25, 0.3) is 0 Å². The fourth-order valence-corrected chi connectivity index (χ4v) is 4.87. The lowest BCUT2D eigenvalue weighted by atomic mass is 9.20. The number of rotatable bonds is 3. The summed E-state index contributed by atoms with van der Waals surface area (Å²) in [5, 5.41) is 2.90. The molecule has 0 aromatic heterocycles. The van der Waals surface area contributed by atoms with Crippen LogP contribution in [0.15, 0.2) is 0 Å². The number of carbonyl (C=O) groups is 2. The molecule has 2 amide bonds. The molecule has 0 atom stereocenters. The van der Waals surface area contributed by atoms with E-state index in [1.165, 1.54) is 70.6 Å². The highest BCUT2D eigenvalue weighted by atomic mass is 16.2. The van der Waals surface area contributed by atoms with Crippen molar-refractivity contribution in [1.82, 2.24) is 5.32 Å². The Bertz CT molecular complexity index is 463. The molecule has 0 unspecified atom stereocenters. The first kappa shape index (κ1) is 23.5. The molecule has 3 nitrogen and oxygen atoms in total. The Morgan fingerprint density at radius 1 is 0.571 bits per heavy atom. The molecule has 2 radical (unpaired) electrons. The first-order valence-corrected chi connectivity index (χ1v) is 11.9. The van der Waals surface area contributed by atoms with Crippen LogP contribution in [0.3, 0.4) is 0 Å². The summed E-state index contributed by atoms with van der Waals surface area (Å²) in [6, 6.07) is 0. The fraction of sp³-hybridized carbons (Fsp3) is 0.913. The van der Waals surface area contributed by atoms with Crippen molar-refractivity contribution in [3.63, 3.8) is 0 Å². The van der Waals surface area contributed by atoms with Crippen LogP contribution < -0.4 is 5.32 Å². The molecule has 1 saturated heterocycles. The van der Waals surface area contributed by atoms with E-state index in [4.69, 9.17) is 0 Å². The van der Waals surface area contributed by atoms with Gasteiger partial charge in [-0.1, -0.05) is 108 Å². The van der Waals surface area contributed by atoms with Crippen molar-refractivity contribution in [3.8, 4) is 0 Å². The van der Waals surface area contributed by atoms with E-state index in [1.807, 2.05) is 0 Å². The summed E-state index contributed by atoms with van der Waals surface area (Å²) >= 11 is 0. The number of nitrogens with one attached hydrogen (secondary N) is 1. The lowest BCUT2D eigenvalue weighted by Crippen LogP contribution is -2.34. The van der Waals surface area contributed by atoms with E-state index in [2.05, 4.69) is 33.5 Å². The van der Waals surface area contributed by atoms with Gasteiger partial charge in [-0.3, -0.25) is 14.9 Å². The predicted molar refractivity (Wildman–Crippen MR) is 120 cm³/mol. The molecule has 0 aromatic rings. The maximum Gasteiger partial charge on any atom is 0.226 e. The van der Waals surface area contributed by atoms with Crippen molar-refractivity contribution in [2.45, 2.75) is 134 Å². The van der Waals surface area contributed by atoms with E-state index in [0.717, 1.165) is 25.7 Å². The van der Waals surface area contributed by atoms with Gasteiger partial charge in [0, 0.05) is 12.8 Å². The monoisotopic (exact) mass is 385 g/mol. The minimum absolute atomic E-state index is 0.102. The Balaban J connectivity index is 1.91. The highest BCUT2D eigenvalue weighted by Crippen LogP contribution is 2.43. The third kappa shape index (κ3) is 9.18. The summed E-state index contributed by atoms with van der Waals surface area (Å²) in [6.45, 7) is 4.78. The van der Waals surface area contributed by atoms with Crippen molar-refractivity contribution in [3.05, 3.63) is 0 Å². The third-order valence-corrected chi connectivity index (χ3v) is 6.97. The summed E-state index contributed by atoms with van der Waals surface area (Å²) in [4.78, 5) is 23.6. The zero-order chi connectivity index (χ0) is 20.3. The van der Waals surface area contributed by atoms with Gasteiger partial charge in [-0.25, -0.2) is 0 Å². The van der Waals surface area contributed by atoms with Gasteiger partial charge >= 0.3 is 0 Å². The second-order valence-corrected chi connectivity index (χ2v) is 10.0. The zero-order valence-electron chi connectivity index (χ0n) is 18.5. The zero-order valence-corrected chi connectivity index (χ0v) is 18.5. The Morgan fingerprint density at radius 2 is 0.893 bits per heavy atom. The summed E-state index contributed by atoms with van der Waals surface area (Å²) in [7, 11) is 4.98. The molecule has 1 saturated carbocycles. The van der Waals surface area contributed by atoms with Crippen LogP contribution in [0.4, 0.5) is 0 Å². The summed E-state index contributed by atoms with van der Waals surface area (Å²) in [5.74, 6) is -0.214. The van der Waals surface area contributed by atoms with Crippen LogP contribution in [0, 0.1) is 0 Å². The molecule has 0 aromatic carbocycles. The van der Waals surface area contributed by atoms with Crippen LogP contribution in [0.2, 0.25) is 10.6 Å². The van der Waals surface area contributed by atoms with Gasteiger partial charge in [-0.2, -0.15) is 0 Å². The van der Waals surface area contributed by atoms with E-state index in [0.29, 0.717) is 18.2 Å². The van der Waals surface area contributed by atoms with Crippen molar-refractivity contribution in [2.75, 3.05) is 0 Å². The molecule has 156 valence electrons. The molecular weight excluding hydrogens is 344 g/mol. The van der Waals surface area contributed by atoms with E-state index in [-0.39, 0.29) is 17.1 Å². The second kappa shape index (κ2) is 12.1. The van der Waals surface area contributed by atoms with E-state index < -0.39 is 0 Å². The average Bonchev–Trinajstić information content (AvgIpc) is 2.63. The summed E-state index contributed by atoms with van der Waals surface area (Å²) in [6.07, 6.45) is 19.8. The molecular formula is C23H41B2NO2.